The van der Waals surface area contributed by atoms with E-state index in [0.29, 0.717) is 11.4 Å². The maximum Gasteiger partial charge on any atom is 0.490 e. The van der Waals surface area contributed by atoms with Crippen molar-refractivity contribution in [2.24, 2.45) is 5.73 Å². The Morgan fingerprint density at radius 2 is 1.57 bits per heavy atom. The molecule has 0 bridgehead atoms. The van der Waals surface area contributed by atoms with E-state index in [2.05, 4.69) is 10.6 Å². The Morgan fingerprint density at radius 1 is 1.19 bits per heavy atom. The molecular weight excluding hydrogens is 293 g/mol. The normalized spacial score (nSPS) is 9.90. The molecule has 0 fully saturated rings. The number of carboxylic acids is 1. The van der Waals surface area contributed by atoms with Crippen LogP contribution >= 0.6 is 0 Å². The van der Waals surface area contributed by atoms with Crippen LogP contribution in [-0.2, 0) is 9.59 Å². The van der Waals surface area contributed by atoms with Gasteiger partial charge in [0.25, 0.3) is 0 Å². The molecule has 1 rings (SSSR count). The summed E-state index contributed by atoms with van der Waals surface area (Å²) in [5.41, 5.74) is 6.40. The number of hydrogen-bond donors (Lipinski definition) is 5. The molecule has 0 aliphatic carbocycles. The number of carbonyl (C=O) groups excluding carboxylic acids is 1. The number of aliphatic carboxylic acids is 1. The minimum absolute atomic E-state index is 0.164. The van der Waals surface area contributed by atoms with E-state index < -0.39 is 12.1 Å². The van der Waals surface area contributed by atoms with E-state index in [4.69, 9.17) is 21.0 Å². The molecule has 0 saturated heterocycles. The third-order valence-corrected chi connectivity index (χ3v) is 1.75. The Labute approximate surface area is 117 Å². The second-order valence-corrected chi connectivity index (χ2v) is 3.57. The zero-order valence-electron chi connectivity index (χ0n) is 10.8. The van der Waals surface area contributed by atoms with Crippen molar-refractivity contribution >= 4 is 29.2 Å². The quantitative estimate of drug-likeness (QED) is 0.418. The highest BCUT2D eigenvalue weighted by atomic mass is 19.4. The Bertz CT molecular complexity index is 497. The lowest BCUT2D eigenvalue weighted by molar-refractivity contribution is -0.192. The van der Waals surface area contributed by atoms with Gasteiger partial charge < -0.3 is 21.5 Å². The lowest BCUT2D eigenvalue weighted by Gasteiger charge is -2.10. The van der Waals surface area contributed by atoms with Crippen molar-refractivity contribution in [1.29, 1.82) is 5.41 Å². The molecular formula is C11H13F3N4O3. The van der Waals surface area contributed by atoms with Crippen LogP contribution in [0.25, 0.3) is 0 Å². The van der Waals surface area contributed by atoms with E-state index in [1.54, 1.807) is 24.3 Å². The average Bonchev–Trinajstić information content (AvgIpc) is 2.30. The highest BCUT2D eigenvalue weighted by molar-refractivity contribution is 5.98. The molecule has 0 aliphatic rings. The lowest BCUT2D eigenvalue weighted by Crippen LogP contribution is -2.21. The van der Waals surface area contributed by atoms with Gasteiger partial charge in [0.2, 0.25) is 5.91 Å². The second-order valence-electron chi connectivity index (χ2n) is 3.57. The first kappa shape index (κ1) is 18.2. The van der Waals surface area contributed by atoms with Crippen LogP contribution in [0.4, 0.5) is 24.5 Å². The van der Waals surface area contributed by atoms with Gasteiger partial charge in [-0.3, -0.25) is 10.2 Å². The predicted molar refractivity (Wildman–Crippen MR) is 70.0 cm³/mol. The van der Waals surface area contributed by atoms with E-state index in [1.807, 2.05) is 0 Å². The maximum atomic E-state index is 10.8. The van der Waals surface area contributed by atoms with Crippen molar-refractivity contribution in [2.45, 2.75) is 13.1 Å². The minimum atomic E-state index is -5.08. The largest absolute Gasteiger partial charge is 0.490 e. The first-order chi connectivity index (χ1) is 9.54. The van der Waals surface area contributed by atoms with Gasteiger partial charge in [-0.2, -0.15) is 13.2 Å². The summed E-state index contributed by atoms with van der Waals surface area (Å²) in [6.07, 6.45) is -5.08. The maximum absolute atomic E-state index is 10.8. The van der Waals surface area contributed by atoms with Gasteiger partial charge in [-0.25, -0.2) is 4.79 Å². The SMILES string of the molecule is CC(=O)Nc1ccccc1NC(=N)N.O=C(O)C(F)(F)F. The summed E-state index contributed by atoms with van der Waals surface area (Å²) in [6.45, 7) is 1.42. The number of alkyl halides is 3. The molecule has 0 radical (unpaired) electrons. The van der Waals surface area contributed by atoms with E-state index in [9.17, 15) is 18.0 Å². The topological polar surface area (TPSA) is 128 Å². The molecule has 7 nitrogen and oxygen atoms in total. The van der Waals surface area contributed by atoms with Gasteiger partial charge in [-0.15, -0.1) is 0 Å². The third-order valence-electron chi connectivity index (χ3n) is 1.75. The van der Waals surface area contributed by atoms with Crippen LogP contribution in [0.15, 0.2) is 24.3 Å². The Hall–Kier alpha value is -2.78. The van der Waals surface area contributed by atoms with Gasteiger partial charge in [0, 0.05) is 6.92 Å². The summed E-state index contributed by atoms with van der Waals surface area (Å²) in [5, 5.41) is 19.4. The number of anilines is 2. The summed E-state index contributed by atoms with van der Waals surface area (Å²) in [5.74, 6) is -3.09. The zero-order valence-corrected chi connectivity index (χ0v) is 10.8. The van der Waals surface area contributed by atoms with Gasteiger partial charge in [-0.05, 0) is 12.1 Å². The number of amides is 1. The smallest absolute Gasteiger partial charge is 0.475 e. The first-order valence-electron chi connectivity index (χ1n) is 5.31. The van der Waals surface area contributed by atoms with Crippen LogP contribution in [-0.4, -0.2) is 29.1 Å². The summed E-state index contributed by atoms with van der Waals surface area (Å²) in [7, 11) is 0. The van der Waals surface area contributed by atoms with Crippen LogP contribution in [0.1, 0.15) is 6.92 Å². The average molecular weight is 306 g/mol. The van der Waals surface area contributed by atoms with E-state index in [-0.39, 0.29) is 11.9 Å². The Balaban J connectivity index is 0.000000486. The van der Waals surface area contributed by atoms with Crippen LogP contribution in [0.2, 0.25) is 0 Å². The van der Waals surface area contributed by atoms with Gasteiger partial charge in [0.1, 0.15) is 0 Å². The van der Waals surface area contributed by atoms with E-state index >= 15 is 0 Å². The third kappa shape index (κ3) is 8.08. The number of hydrogen-bond acceptors (Lipinski definition) is 3. The van der Waals surface area contributed by atoms with E-state index in [0.717, 1.165) is 0 Å². The molecule has 21 heavy (non-hydrogen) atoms. The molecule has 0 atom stereocenters. The molecule has 10 heteroatoms. The minimum Gasteiger partial charge on any atom is -0.475 e. The van der Waals surface area contributed by atoms with Crippen molar-refractivity contribution in [1.82, 2.24) is 0 Å². The molecule has 6 N–H and O–H groups in total. The fourth-order valence-corrected chi connectivity index (χ4v) is 1.04. The number of guanidine groups is 1. The standard InChI is InChI=1S/C9H12N4O.C2HF3O2/c1-6(14)12-7-4-2-3-5-8(7)13-9(10)11;3-2(4,5)1(6)7/h2-5H,1H3,(H,12,14)(H4,10,11,13);(H,6,7). The predicted octanol–water partition coefficient (Wildman–Crippen LogP) is 1.58. The molecule has 0 heterocycles. The molecule has 0 unspecified atom stereocenters. The molecule has 0 aliphatic heterocycles. The summed E-state index contributed by atoms with van der Waals surface area (Å²) in [6, 6.07) is 7.03. The second kappa shape index (κ2) is 7.72. The van der Waals surface area contributed by atoms with Crippen LogP contribution < -0.4 is 16.4 Å². The monoisotopic (exact) mass is 306 g/mol. The van der Waals surface area contributed by atoms with Crippen molar-refractivity contribution < 1.29 is 27.9 Å². The Kier molecular flexibility index (Phi) is 6.70. The number of halogens is 3. The van der Waals surface area contributed by atoms with Crippen LogP contribution in [0.3, 0.4) is 0 Å². The summed E-state index contributed by atoms with van der Waals surface area (Å²) in [4.78, 5) is 19.7. The molecule has 0 aromatic heterocycles. The van der Waals surface area contributed by atoms with Crippen molar-refractivity contribution in [3.05, 3.63) is 24.3 Å². The Morgan fingerprint density at radius 3 is 1.86 bits per heavy atom. The number of carbonyl (C=O) groups is 2. The highest BCUT2D eigenvalue weighted by Crippen LogP contribution is 2.20. The van der Waals surface area contributed by atoms with E-state index in [1.165, 1.54) is 6.92 Å². The first-order valence-corrected chi connectivity index (χ1v) is 5.31. The van der Waals surface area contributed by atoms with Gasteiger partial charge in [0.15, 0.2) is 5.96 Å². The summed E-state index contributed by atoms with van der Waals surface area (Å²) < 4.78 is 31.7. The highest BCUT2D eigenvalue weighted by Gasteiger charge is 2.38. The number of benzene rings is 1. The van der Waals surface area contributed by atoms with Crippen molar-refractivity contribution in [3.63, 3.8) is 0 Å². The number of rotatable bonds is 2. The molecule has 116 valence electrons. The zero-order chi connectivity index (χ0) is 16.6. The van der Waals surface area contributed by atoms with Crippen LogP contribution in [0, 0.1) is 5.41 Å². The van der Waals surface area contributed by atoms with Crippen LogP contribution in [0.5, 0.6) is 0 Å². The lowest BCUT2D eigenvalue weighted by atomic mass is 10.2. The number of nitrogens with two attached hydrogens (primary N) is 1. The van der Waals surface area contributed by atoms with Crippen molar-refractivity contribution in [2.75, 3.05) is 10.6 Å². The van der Waals surface area contributed by atoms with Gasteiger partial charge >= 0.3 is 12.1 Å². The molecule has 1 amide bonds. The molecule has 0 spiro atoms. The number of para-hydroxylation sites is 2. The number of nitrogens with one attached hydrogen (secondary N) is 3. The fourth-order valence-electron chi connectivity index (χ4n) is 1.04. The number of carboxylic acid groups (broad SMARTS) is 1. The van der Waals surface area contributed by atoms with Gasteiger partial charge in [-0.1, -0.05) is 12.1 Å². The molecule has 1 aromatic carbocycles. The molecule has 0 saturated carbocycles. The van der Waals surface area contributed by atoms with Gasteiger partial charge in [0.05, 0.1) is 11.4 Å². The fraction of sp³-hybridized carbons (Fsp3) is 0.182. The summed E-state index contributed by atoms with van der Waals surface area (Å²) >= 11 is 0. The van der Waals surface area contributed by atoms with Crippen molar-refractivity contribution in [3.8, 4) is 0 Å². The molecule has 1 aromatic rings.